The Morgan fingerprint density at radius 2 is 1.82 bits per heavy atom. The number of carbonyl (C=O) groups excluding carboxylic acids is 1. The molecule has 3 rings (SSSR count). The second kappa shape index (κ2) is 8.33. The highest BCUT2D eigenvalue weighted by Crippen LogP contribution is 2.63. The molecule has 0 bridgehead atoms. The topological polar surface area (TPSA) is 72.8 Å². The zero-order valence-corrected chi connectivity index (χ0v) is 18.0. The zero-order chi connectivity index (χ0) is 20.5. The molecule has 3 aliphatic rings. The van der Waals surface area contributed by atoms with Gasteiger partial charge in [0.05, 0.1) is 19.4 Å². The Balaban J connectivity index is 1.62. The van der Waals surface area contributed by atoms with Crippen LogP contribution in [0.15, 0.2) is 0 Å². The predicted molar refractivity (Wildman–Crippen MR) is 107 cm³/mol. The van der Waals surface area contributed by atoms with Gasteiger partial charge in [-0.05, 0) is 79.4 Å². The molecule has 3 aliphatic carbocycles. The van der Waals surface area contributed by atoms with Crippen molar-refractivity contribution in [1.29, 1.82) is 0 Å². The van der Waals surface area contributed by atoms with Crippen LogP contribution in [0.2, 0.25) is 0 Å². The largest absolute Gasteiger partial charge is 0.481 e. The lowest BCUT2D eigenvalue weighted by Crippen LogP contribution is -2.54. The van der Waals surface area contributed by atoms with Gasteiger partial charge < -0.3 is 14.6 Å². The van der Waals surface area contributed by atoms with E-state index in [-0.39, 0.29) is 30.3 Å². The first-order valence-corrected chi connectivity index (χ1v) is 11.1. The molecule has 0 aliphatic heterocycles. The fraction of sp³-hybridized carbons (Fsp3) is 0.913. The Morgan fingerprint density at radius 3 is 2.50 bits per heavy atom. The fourth-order valence-corrected chi connectivity index (χ4v) is 6.87. The summed E-state index contributed by atoms with van der Waals surface area (Å²) in [5, 5.41) is 8.74. The molecule has 3 fully saturated rings. The summed E-state index contributed by atoms with van der Waals surface area (Å²) in [6.07, 6.45) is 7.78. The normalized spacial score (nSPS) is 42.9. The average Bonchev–Trinajstić information content (AvgIpc) is 2.63. The molecule has 3 saturated carbocycles. The lowest BCUT2D eigenvalue weighted by Gasteiger charge is -2.61. The Hall–Kier alpha value is -1.10. The molecule has 0 aromatic heterocycles. The second-order valence-corrected chi connectivity index (χ2v) is 10.2. The van der Waals surface area contributed by atoms with Gasteiger partial charge in [0.2, 0.25) is 0 Å². The quantitative estimate of drug-likeness (QED) is 0.662. The molecule has 7 atom stereocenters. The van der Waals surface area contributed by atoms with E-state index in [1.807, 2.05) is 7.11 Å². The van der Waals surface area contributed by atoms with Gasteiger partial charge >= 0.3 is 11.9 Å². The maximum Gasteiger partial charge on any atom is 0.306 e. The molecule has 0 spiro atoms. The van der Waals surface area contributed by atoms with E-state index in [9.17, 15) is 9.59 Å². The first-order chi connectivity index (χ1) is 13.2. The van der Waals surface area contributed by atoms with Gasteiger partial charge in [-0.3, -0.25) is 9.59 Å². The van der Waals surface area contributed by atoms with E-state index in [1.54, 1.807) is 0 Å². The number of rotatable bonds is 6. The molecule has 0 heterocycles. The van der Waals surface area contributed by atoms with Crippen LogP contribution in [0.3, 0.4) is 0 Å². The van der Waals surface area contributed by atoms with Crippen molar-refractivity contribution in [2.75, 3.05) is 13.7 Å². The summed E-state index contributed by atoms with van der Waals surface area (Å²) in [6.45, 7) is 8.18. The highest BCUT2D eigenvalue weighted by atomic mass is 16.5. The minimum atomic E-state index is -0.946. The number of carboxylic acids is 1. The van der Waals surface area contributed by atoms with Crippen LogP contribution in [0.1, 0.15) is 78.6 Å². The summed E-state index contributed by atoms with van der Waals surface area (Å²) in [5.74, 6) is 1.51. The Morgan fingerprint density at radius 1 is 1.07 bits per heavy atom. The Bertz CT molecular complexity index is 590. The first-order valence-electron chi connectivity index (χ1n) is 11.1. The molecular weight excluding hydrogens is 356 g/mol. The number of hydrogen-bond donors (Lipinski definition) is 1. The maximum atomic E-state index is 12.0. The molecule has 0 aromatic rings. The molecule has 0 radical (unpaired) electrons. The number of esters is 1. The molecule has 28 heavy (non-hydrogen) atoms. The summed E-state index contributed by atoms with van der Waals surface area (Å²) >= 11 is 0. The number of carbonyl (C=O) groups is 2. The van der Waals surface area contributed by atoms with E-state index < -0.39 is 5.97 Å². The molecule has 160 valence electrons. The lowest BCUT2D eigenvalue weighted by molar-refractivity contribution is -0.164. The molecule has 1 unspecified atom stereocenters. The average molecular weight is 395 g/mol. The van der Waals surface area contributed by atoms with Crippen molar-refractivity contribution in [1.82, 2.24) is 0 Å². The second-order valence-electron chi connectivity index (χ2n) is 10.2. The van der Waals surface area contributed by atoms with Crippen LogP contribution in [0.5, 0.6) is 0 Å². The number of ether oxygens (including phenoxy) is 2. The van der Waals surface area contributed by atoms with Crippen LogP contribution in [0.4, 0.5) is 0 Å². The van der Waals surface area contributed by atoms with E-state index in [1.165, 1.54) is 25.7 Å². The smallest absolute Gasteiger partial charge is 0.306 e. The molecule has 0 aromatic carbocycles. The van der Waals surface area contributed by atoms with Gasteiger partial charge in [-0.2, -0.15) is 0 Å². The van der Waals surface area contributed by atoms with Crippen LogP contribution in [-0.2, 0) is 19.1 Å². The van der Waals surface area contributed by atoms with Gasteiger partial charge in [-0.25, -0.2) is 0 Å². The summed E-state index contributed by atoms with van der Waals surface area (Å²) in [4.78, 5) is 22.6. The van der Waals surface area contributed by atoms with Gasteiger partial charge in [-0.15, -0.1) is 0 Å². The molecule has 1 N–H and O–H groups in total. The van der Waals surface area contributed by atoms with Crippen molar-refractivity contribution >= 4 is 11.9 Å². The third-order valence-electron chi connectivity index (χ3n) is 8.78. The lowest BCUT2D eigenvalue weighted by atomic mass is 9.45. The Kier molecular flexibility index (Phi) is 6.43. The van der Waals surface area contributed by atoms with Crippen molar-refractivity contribution in [2.45, 2.75) is 84.7 Å². The number of hydrogen-bond acceptors (Lipinski definition) is 4. The first kappa shape index (κ1) is 21.6. The summed E-state index contributed by atoms with van der Waals surface area (Å²) in [5.41, 5.74) is 0.630. The number of methoxy groups -OCH3 is 1. The van der Waals surface area contributed by atoms with Crippen molar-refractivity contribution in [3.63, 3.8) is 0 Å². The number of aliphatic carboxylic acids is 1. The minimum Gasteiger partial charge on any atom is -0.481 e. The predicted octanol–water partition coefficient (Wildman–Crippen LogP) is 4.68. The number of carboxylic acid groups (broad SMARTS) is 1. The molecule has 0 saturated heterocycles. The summed E-state index contributed by atoms with van der Waals surface area (Å²) < 4.78 is 11.2. The summed E-state index contributed by atoms with van der Waals surface area (Å²) in [7, 11) is 1.82. The Labute approximate surface area is 169 Å². The van der Waals surface area contributed by atoms with E-state index in [4.69, 9.17) is 14.6 Å². The fourth-order valence-electron chi connectivity index (χ4n) is 6.87. The molecule has 5 nitrogen and oxygen atoms in total. The van der Waals surface area contributed by atoms with Crippen LogP contribution < -0.4 is 0 Å². The van der Waals surface area contributed by atoms with Crippen molar-refractivity contribution in [3.05, 3.63) is 0 Å². The minimum absolute atomic E-state index is 0.0198. The standard InChI is InChI=1S/C23H38O5/c1-15-18-6-5-16-13-17(28-21(26)8-7-20(24)25)9-12-23(16,3)19(18)10-11-22(15,2)14-27-4/h15-19H,5-14H2,1-4H3,(H,24,25)/t15?,16-,17-,18+,19+,22-,23+/m1/s1. The van der Waals surface area contributed by atoms with E-state index in [0.29, 0.717) is 17.3 Å². The number of fused-ring (bicyclic) bond motifs is 3. The van der Waals surface area contributed by atoms with Gasteiger partial charge in [0.1, 0.15) is 6.10 Å². The van der Waals surface area contributed by atoms with Crippen molar-refractivity contribution in [2.24, 2.45) is 34.5 Å². The highest BCUT2D eigenvalue weighted by Gasteiger charge is 2.56. The van der Waals surface area contributed by atoms with E-state index >= 15 is 0 Å². The van der Waals surface area contributed by atoms with Crippen molar-refractivity contribution in [3.8, 4) is 0 Å². The van der Waals surface area contributed by atoms with Gasteiger partial charge in [-0.1, -0.05) is 20.8 Å². The third-order valence-corrected chi connectivity index (χ3v) is 8.78. The van der Waals surface area contributed by atoms with Crippen LogP contribution in [0, 0.1) is 34.5 Å². The monoisotopic (exact) mass is 394 g/mol. The SMILES string of the molecule is COC[C@@]1(C)CC[C@H]2[C@@H](CC[C@@H]3C[C@H](OC(=O)CCC(=O)O)CC[C@@]32C)C1C. The van der Waals surface area contributed by atoms with Crippen LogP contribution in [-0.4, -0.2) is 36.9 Å². The highest BCUT2D eigenvalue weighted by molar-refractivity contribution is 5.76. The van der Waals surface area contributed by atoms with Gasteiger partial charge in [0, 0.05) is 7.11 Å². The summed E-state index contributed by atoms with van der Waals surface area (Å²) in [6, 6.07) is 0. The van der Waals surface area contributed by atoms with E-state index in [0.717, 1.165) is 37.7 Å². The van der Waals surface area contributed by atoms with Crippen LogP contribution >= 0.6 is 0 Å². The van der Waals surface area contributed by atoms with Crippen molar-refractivity contribution < 1.29 is 24.2 Å². The molecule has 5 heteroatoms. The molecular formula is C23H38O5. The third kappa shape index (κ3) is 4.10. The zero-order valence-electron chi connectivity index (χ0n) is 18.0. The van der Waals surface area contributed by atoms with Gasteiger partial charge in [0.25, 0.3) is 0 Å². The van der Waals surface area contributed by atoms with Crippen LogP contribution in [0.25, 0.3) is 0 Å². The van der Waals surface area contributed by atoms with E-state index in [2.05, 4.69) is 20.8 Å². The molecule has 0 amide bonds. The maximum absolute atomic E-state index is 12.0. The van der Waals surface area contributed by atoms with Gasteiger partial charge in [0.15, 0.2) is 0 Å².